The number of para-hydroxylation sites is 1. The highest BCUT2D eigenvalue weighted by Crippen LogP contribution is 2.46. The van der Waals surface area contributed by atoms with E-state index in [4.69, 9.17) is 16.3 Å². The molecule has 1 N–H and O–H groups in total. The number of fused-ring (bicyclic) bond motifs is 3. The van der Waals surface area contributed by atoms with Crippen LogP contribution in [-0.2, 0) is 10.5 Å². The number of ether oxygens (including phenoxy) is 1. The first-order chi connectivity index (χ1) is 13.6. The molecule has 3 aromatic rings. The van der Waals surface area contributed by atoms with Gasteiger partial charge in [0, 0.05) is 26.1 Å². The molecule has 4 nitrogen and oxygen atoms in total. The van der Waals surface area contributed by atoms with Crippen LogP contribution in [0.2, 0.25) is 5.02 Å². The molecule has 7 heteroatoms. The second-order valence-corrected chi connectivity index (χ2v) is 8.62. The third-order valence-corrected chi connectivity index (χ3v) is 6.82. The highest BCUT2D eigenvalue weighted by atomic mass is 35.5. The number of esters is 1. The van der Waals surface area contributed by atoms with Crippen LogP contribution in [0.3, 0.4) is 0 Å². The van der Waals surface area contributed by atoms with Gasteiger partial charge in [-0.2, -0.15) is 0 Å². The molecule has 0 bridgehead atoms. The van der Waals surface area contributed by atoms with Gasteiger partial charge in [0.15, 0.2) is 0 Å². The van der Waals surface area contributed by atoms with E-state index in [0.29, 0.717) is 21.2 Å². The topological polar surface area (TPSA) is 55.4 Å². The predicted molar refractivity (Wildman–Crippen MR) is 115 cm³/mol. The van der Waals surface area contributed by atoms with Crippen molar-refractivity contribution in [3.05, 3.63) is 69.6 Å². The number of hydrogen-bond acceptors (Lipinski definition) is 5. The van der Waals surface area contributed by atoms with E-state index >= 15 is 0 Å². The highest BCUT2D eigenvalue weighted by Gasteiger charge is 2.23. The van der Waals surface area contributed by atoms with Crippen molar-refractivity contribution >= 4 is 52.3 Å². The molecule has 0 saturated heterocycles. The summed E-state index contributed by atoms with van der Waals surface area (Å²) in [5.41, 5.74) is 3.02. The molecule has 0 saturated carbocycles. The number of halogens is 1. The Bertz CT molecular complexity index is 1080. The summed E-state index contributed by atoms with van der Waals surface area (Å²) in [5.74, 6) is 0.106. The highest BCUT2D eigenvalue weighted by molar-refractivity contribution is 7.98. The SMILES string of the molecule is CCOC(=O)c1ccccc1NC(=O)c1cc2c(s1)-c1ccc(Cl)cc1SC2. The number of anilines is 1. The van der Waals surface area contributed by atoms with Crippen molar-refractivity contribution in [2.24, 2.45) is 0 Å². The van der Waals surface area contributed by atoms with Crippen LogP contribution >= 0.6 is 34.7 Å². The van der Waals surface area contributed by atoms with E-state index in [9.17, 15) is 9.59 Å². The van der Waals surface area contributed by atoms with Gasteiger partial charge in [-0.3, -0.25) is 4.79 Å². The van der Waals surface area contributed by atoms with Crippen molar-refractivity contribution in [3.8, 4) is 10.4 Å². The van der Waals surface area contributed by atoms with E-state index in [2.05, 4.69) is 5.32 Å². The van der Waals surface area contributed by atoms with Gasteiger partial charge in [0.1, 0.15) is 0 Å². The standard InChI is InChI=1S/C21H16ClNO3S2/c1-2-26-21(25)14-5-3-4-6-16(14)23-20(24)18-9-12-11-27-17-10-13(22)7-8-15(17)19(12)28-18/h3-10H,2,11H2,1H3,(H,23,24). The summed E-state index contributed by atoms with van der Waals surface area (Å²) in [6.07, 6.45) is 0. The number of nitrogens with one attached hydrogen (secondary N) is 1. The Hall–Kier alpha value is -2.28. The van der Waals surface area contributed by atoms with Gasteiger partial charge in [-0.25, -0.2) is 4.79 Å². The fourth-order valence-corrected chi connectivity index (χ4v) is 5.58. The molecule has 1 amide bonds. The molecular formula is C21H16ClNO3S2. The van der Waals surface area contributed by atoms with E-state index in [1.165, 1.54) is 11.3 Å². The van der Waals surface area contributed by atoms with Crippen molar-refractivity contribution in [1.82, 2.24) is 0 Å². The average molecular weight is 430 g/mol. The first-order valence-corrected chi connectivity index (χ1v) is 10.9. The lowest BCUT2D eigenvalue weighted by atomic mass is 10.1. The van der Waals surface area contributed by atoms with Crippen LogP contribution in [-0.4, -0.2) is 18.5 Å². The first-order valence-electron chi connectivity index (χ1n) is 8.69. The van der Waals surface area contributed by atoms with Crippen molar-refractivity contribution in [1.29, 1.82) is 0 Å². The number of carbonyl (C=O) groups excluding carboxylic acids is 2. The number of thiophene rings is 1. The number of benzene rings is 2. The number of carbonyl (C=O) groups is 2. The van der Waals surface area contributed by atoms with E-state index in [-0.39, 0.29) is 12.5 Å². The molecule has 1 aliphatic rings. The molecule has 1 aliphatic heterocycles. The third kappa shape index (κ3) is 3.68. The molecule has 0 radical (unpaired) electrons. The van der Waals surface area contributed by atoms with Crippen molar-refractivity contribution in [2.75, 3.05) is 11.9 Å². The molecule has 142 valence electrons. The molecule has 1 aromatic heterocycles. The van der Waals surface area contributed by atoms with Gasteiger partial charge >= 0.3 is 5.97 Å². The lowest BCUT2D eigenvalue weighted by molar-refractivity contribution is 0.0527. The van der Waals surface area contributed by atoms with Gasteiger partial charge in [-0.15, -0.1) is 23.1 Å². The van der Waals surface area contributed by atoms with E-state index in [1.807, 2.05) is 24.3 Å². The number of hydrogen-bond donors (Lipinski definition) is 1. The number of amides is 1. The summed E-state index contributed by atoms with van der Waals surface area (Å²) >= 11 is 9.27. The van der Waals surface area contributed by atoms with Crippen molar-refractivity contribution in [2.45, 2.75) is 17.6 Å². The summed E-state index contributed by atoms with van der Waals surface area (Å²) < 4.78 is 5.07. The zero-order valence-electron chi connectivity index (χ0n) is 15.0. The molecule has 4 rings (SSSR count). The van der Waals surface area contributed by atoms with Gasteiger partial charge in [-0.05, 0) is 42.8 Å². The number of rotatable bonds is 4. The first kappa shape index (κ1) is 19.1. The molecule has 0 aliphatic carbocycles. The van der Waals surface area contributed by atoms with Crippen LogP contribution in [0, 0.1) is 0 Å². The van der Waals surface area contributed by atoms with Gasteiger partial charge in [-0.1, -0.05) is 29.8 Å². The zero-order valence-corrected chi connectivity index (χ0v) is 17.3. The Morgan fingerprint density at radius 1 is 1.18 bits per heavy atom. The molecule has 28 heavy (non-hydrogen) atoms. The summed E-state index contributed by atoms with van der Waals surface area (Å²) in [6.45, 7) is 2.03. The molecule has 0 spiro atoms. The second-order valence-electron chi connectivity index (χ2n) is 6.11. The summed E-state index contributed by atoms with van der Waals surface area (Å²) in [7, 11) is 0. The minimum atomic E-state index is -0.453. The van der Waals surface area contributed by atoms with Crippen LogP contribution in [0.1, 0.15) is 32.5 Å². The molecular weight excluding hydrogens is 414 g/mol. The third-order valence-electron chi connectivity index (χ3n) is 4.27. The fourth-order valence-electron chi connectivity index (χ4n) is 3.00. The molecule has 0 unspecified atom stereocenters. The lowest BCUT2D eigenvalue weighted by Crippen LogP contribution is -2.15. The normalized spacial score (nSPS) is 12.1. The quantitative estimate of drug-likeness (QED) is 0.509. The Balaban J connectivity index is 1.62. The van der Waals surface area contributed by atoms with Crippen molar-refractivity contribution < 1.29 is 14.3 Å². The van der Waals surface area contributed by atoms with Gasteiger partial charge in [0.25, 0.3) is 5.91 Å². The monoisotopic (exact) mass is 429 g/mol. The predicted octanol–water partition coefficient (Wildman–Crippen LogP) is 6.10. The number of thioether (sulfide) groups is 1. The molecule has 0 fully saturated rings. The minimum absolute atomic E-state index is 0.239. The Labute approximate surface area is 175 Å². The van der Waals surface area contributed by atoms with Crippen LogP contribution in [0.25, 0.3) is 10.4 Å². The van der Waals surface area contributed by atoms with Crippen LogP contribution in [0.4, 0.5) is 5.69 Å². The van der Waals surface area contributed by atoms with Gasteiger partial charge in [0.05, 0.1) is 22.7 Å². The minimum Gasteiger partial charge on any atom is -0.462 e. The summed E-state index contributed by atoms with van der Waals surface area (Å²) in [5, 5.41) is 3.56. The summed E-state index contributed by atoms with van der Waals surface area (Å²) in [6, 6.07) is 14.6. The zero-order chi connectivity index (χ0) is 19.7. The van der Waals surface area contributed by atoms with E-state index in [1.54, 1.807) is 43.0 Å². The Morgan fingerprint density at radius 2 is 2.00 bits per heavy atom. The van der Waals surface area contributed by atoms with Crippen LogP contribution in [0.5, 0.6) is 0 Å². The van der Waals surface area contributed by atoms with Crippen LogP contribution in [0.15, 0.2) is 53.4 Å². The Kier molecular flexibility index (Phi) is 5.44. The van der Waals surface area contributed by atoms with Gasteiger partial charge < -0.3 is 10.1 Å². The van der Waals surface area contributed by atoms with E-state index < -0.39 is 5.97 Å². The summed E-state index contributed by atoms with van der Waals surface area (Å²) in [4.78, 5) is 27.8. The maximum Gasteiger partial charge on any atom is 0.340 e. The lowest BCUT2D eigenvalue weighted by Gasteiger charge is -2.15. The van der Waals surface area contributed by atoms with E-state index in [0.717, 1.165) is 26.7 Å². The second kappa shape index (κ2) is 7.99. The fraction of sp³-hybridized carbons (Fsp3) is 0.143. The Morgan fingerprint density at radius 3 is 2.82 bits per heavy atom. The molecule has 2 heterocycles. The largest absolute Gasteiger partial charge is 0.462 e. The molecule has 2 aromatic carbocycles. The van der Waals surface area contributed by atoms with Crippen LogP contribution < -0.4 is 5.32 Å². The molecule has 0 atom stereocenters. The smallest absolute Gasteiger partial charge is 0.340 e. The average Bonchev–Trinajstić information content (AvgIpc) is 3.13. The maximum absolute atomic E-state index is 12.8. The van der Waals surface area contributed by atoms with Crippen molar-refractivity contribution in [3.63, 3.8) is 0 Å². The van der Waals surface area contributed by atoms with Gasteiger partial charge in [0.2, 0.25) is 0 Å². The maximum atomic E-state index is 12.8.